The molecule has 0 saturated heterocycles. The quantitative estimate of drug-likeness (QED) is 0.293. The molecular weight excluding hydrogens is 505 g/mol. The van der Waals surface area contributed by atoms with E-state index in [1.54, 1.807) is 12.3 Å². The summed E-state index contributed by atoms with van der Waals surface area (Å²) in [6.45, 7) is 22.2. The molecule has 4 atom stereocenters. The fourth-order valence-electron chi connectivity index (χ4n) is 3.90. The van der Waals surface area contributed by atoms with Crippen molar-refractivity contribution in [1.29, 1.82) is 0 Å². The lowest BCUT2D eigenvalue weighted by atomic mass is 10.1. The van der Waals surface area contributed by atoms with Crippen LogP contribution >= 0.6 is 0 Å². The second kappa shape index (κ2) is 10.7. The second-order valence-electron chi connectivity index (χ2n) is 13.2. The number of aromatic amines is 1. The van der Waals surface area contributed by atoms with E-state index in [-0.39, 0.29) is 33.0 Å². The molecule has 0 aliphatic heterocycles. The maximum atomic E-state index is 16.2. The molecule has 1 fully saturated rings. The molecule has 2 N–H and O–H groups in total. The highest BCUT2D eigenvalue weighted by Gasteiger charge is 2.50. The summed E-state index contributed by atoms with van der Waals surface area (Å²) in [4.78, 5) is 21.3. The van der Waals surface area contributed by atoms with Gasteiger partial charge < -0.3 is 14.2 Å². The zero-order valence-corrected chi connectivity index (χ0v) is 26.0. The number of rotatable bonds is 9. The summed E-state index contributed by atoms with van der Waals surface area (Å²) >= 11 is 0. The van der Waals surface area contributed by atoms with Crippen LogP contribution in [0.3, 0.4) is 0 Å². The van der Waals surface area contributed by atoms with Crippen LogP contribution in [0.4, 0.5) is 10.2 Å². The van der Waals surface area contributed by atoms with Gasteiger partial charge in [0.2, 0.25) is 5.78 Å². The van der Waals surface area contributed by atoms with Crippen LogP contribution in [0, 0.1) is 5.92 Å². The molecule has 0 bridgehead atoms. The highest BCUT2D eigenvalue weighted by molar-refractivity contribution is 6.74. The van der Waals surface area contributed by atoms with Gasteiger partial charge in [0.25, 0.3) is 0 Å². The monoisotopic (exact) mass is 549 g/mol. The Morgan fingerprint density at radius 1 is 1.14 bits per heavy atom. The van der Waals surface area contributed by atoms with Gasteiger partial charge in [0.15, 0.2) is 16.6 Å². The number of hydrogen-bond acceptors (Lipinski definition) is 7. The number of halogens is 1. The number of carbonyl (C=O) groups excluding carboxylic acids is 1. The van der Waals surface area contributed by atoms with Gasteiger partial charge in [0, 0.05) is 24.9 Å². The number of nitrogens with zero attached hydrogens (tertiary/aromatic N) is 3. The Hall–Kier alpha value is -1.96. The van der Waals surface area contributed by atoms with Crippen LogP contribution in [0.15, 0.2) is 24.8 Å². The first-order chi connectivity index (χ1) is 16.9. The maximum absolute atomic E-state index is 16.2. The predicted octanol–water partition coefficient (Wildman–Crippen LogP) is 5.98. The molecule has 8 nitrogen and oxygen atoms in total. The van der Waals surface area contributed by atoms with Crippen LogP contribution in [0.2, 0.25) is 36.3 Å². The Balaban J connectivity index is 1.87. The second-order valence-corrected chi connectivity index (χ2v) is 22.7. The van der Waals surface area contributed by atoms with Gasteiger partial charge in [-0.25, -0.2) is 14.4 Å². The number of ketones is 1. The third-order valence-corrected chi connectivity index (χ3v) is 17.4. The first kappa shape index (κ1) is 29.6. The number of H-pyrrole nitrogens is 1. The number of hydrogen-bond donors (Lipinski definition) is 2. The average molecular weight is 550 g/mol. The van der Waals surface area contributed by atoms with Crippen molar-refractivity contribution < 1.29 is 18.0 Å². The van der Waals surface area contributed by atoms with E-state index >= 15 is 4.39 Å². The largest absolute Gasteiger partial charge is 0.416 e. The first-order valence-electron chi connectivity index (χ1n) is 13.0. The zero-order valence-electron chi connectivity index (χ0n) is 24.0. The molecule has 2 aromatic heterocycles. The van der Waals surface area contributed by atoms with Gasteiger partial charge in [-0.3, -0.25) is 9.89 Å². The molecule has 37 heavy (non-hydrogen) atoms. The fourth-order valence-corrected chi connectivity index (χ4v) is 6.32. The van der Waals surface area contributed by atoms with E-state index in [1.807, 2.05) is 0 Å². The minimum absolute atomic E-state index is 0.0522. The van der Waals surface area contributed by atoms with Crippen LogP contribution in [0.25, 0.3) is 0 Å². The summed E-state index contributed by atoms with van der Waals surface area (Å²) in [6.07, 6.45) is 2.99. The van der Waals surface area contributed by atoms with E-state index in [0.717, 1.165) is 0 Å². The number of alkyl halides is 1. The third-order valence-electron chi connectivity index (χ3n) is 8.43. The van der Waals surface area contributed by atoms with Crippen molar-refractivity contribution in [2.45, 2.75) is 103 Å². The standard InChI is InChI=1S/C26H44FN5O3Si2/c1-25(2,3)36(7,8)34-15-17-13-20(21(27)23(17)35-37(9,10)26(4,5)6)31-24-18(14-28-16-29-24)22(33)19-11-12-30-32-19/h11-12,14,16-17,20-21,23H,13,15H2,1-10H3,(H,30,32)(H,28,29,31)/t17-,20-,21-,23-/m1/s1. The summed E-state index contributed by atoms with van der Waals surface area (Å²) in [5.41, 5.74) is 0.505. The van der Waals surface area contributed by atoms with Crippen molar-refractivity contribution in [3.8, 4) is 0 Å². The molecule has 2 heterocycles. The molecule has 0 radical (unpaired) electrons. The van der Waals surface area contributed by atoms with Crippen molar-refractivity contribution >= 4 is 28.2 Å². The minimum atomic E-state index is -2.26. The summed E-state index contributed by atoms with van der Waals surface area (Å²) in [6, 6.07) is 1.01. The summed E-state index contributed by atoms with van der Waals surface area (Å²) in [7, 11) is -4.29. The van der Waals surface area contributed by atoms with Crippen molar-refractivity contribution in [3.63, 3.8) is 0 Å². The van der Waals surface area contributed by atoms with E-state index in [4.69, 9.17) is 8.85 Å². The Kier molecular flexibility index (Phi) is 8.53. The number of nitrogens with one attached hydrogen (secondary N) is 2. The average Bonchev–Trinajstić information content (AvgIpc) is 3.41. The highest BCUT2D eigenvalue weighted by atomic mass is 28.4. The van der Waals surface area contributed by atoms with Gasteiger partial charge in [-0.2, -0.15) is 5.10 Å². The van der Waals surface area contributed by atoms with Crippen molar-refractivity contribution in [2.75, 3.05) is 11.9 Å². The summed E-state index contributed by atoms with van der Waals surface area (Å²) in [5.74, 6) is -0.152. The Morgan fingerprint density at radius 3 is 2.35 bits per heavy atom. The molecule has 0 unspecified atom stereocenters. The topological polar surface area (TPSA) is 102 Å². The van der Waals surface area contributed by atoms with Gasteiger partial charge in [0.05, 0.1) is 17.7 Å². The van der Waals surface area contributed by atoms with E-state index < -0.39 is 35.0 Å². The maximum Gasteiger partial charge on any atom is 0.218 e. The van der Waals surface area contributed by atoms with E-state index in [2.05, 4.69) is 93.2 Å². The SMILES string of the molecule is CC(C)(C)[Si](C)(C)OC[C@H]1C[C@@H](Nc2ncncc2C(=O)c2cc[nH]n2)[C@@H](F)[C@@H]1O[Si](C)(C)C(C)(C)C. The Bertz CT molecular complexity index is 1070. The summed E-state index contributed by atoms with van der Waals surface area (Å²) in [5, 5.41) is 9.84. The van der Waals surface area contributed by atoms with Gasteiger partial charge in [-0.05, 0) is 48.8 Å². The van der Waals surface area contributed by atoms with Gasteiger partial charge in [-0.15, -0.1) is 0 Å². The first-order valence-corrected chi connectivity index (χ1v) is 18.8. The fraction of sp³-hybridized carbons (Fsp3) is 0.692. The molecule has 0 spiro atoms. The van der Waals surface area contributed by atoms with Crippen molar-refractivity contribution in [3.05, 3.63) is 36.0 Å². The van der Waals surface area contributed by atoms with Gasteiger partial charge in [0.1, 0.15) is 24.0 Å². The van der Waals surface area contributed by atoms with Crippen LogP contribution in [-0.2, 0) is 8.85 Å². The van der Waals surface area contributed by atoms with Crippen molar-refractivity contribution in [2.24, 2.45) is 5.92 Å². The lowest BCUT2D eigenvalue weighted by Crippen LogP contribution is -2.49. The van der Waals surface area contributed by atoms with E-state index in [1.165, 1.54) is 12.5 Å². The Labute approximate surface area is 222 Å². The smallest absolute Gasteiger partial charge is 0.218 e. The molecule has 1 aliphatic carbocycles. The van der Waals surface area contributed by atoms with Gasteiger partial charge in [-0.1, -0.05) is 41.5 Å². The van der Waals surface area contributed by atoms with Crippen LogP contribution in [0.5, 0.6) is 0 Å². The number of aromatic nitrogens is 4. The van der Waals surface area contributed by atoms with Gasteiger partial charge >= 0.3 is 0 Å². The lowest BCUT2D eigenvalue weighted by molar-refractivity contribution is 0.0551. The van der Waals surface area contributed by atoms with Crippen LogP contribution in [0.1, 0.15) is 64.0 Å². The Morgan fingerprint density at radius 2 is 1.78 bits per heavy atom. The molecule has 1 saturated carbocycles. The molecule has 2 aromatic rings. The molecule has 206 valence electrons. The molecule has 1 aliphatic rings. The van der Waals surface area contributed by atoms with Crippen molar-refractivity contribution in [1.82, 2.24) is 20.2 Å². The van der Waals surface area contributed by atoms with E-state index in [0.29, 0.717) is 18.8 Å². The zero-order chi connectivity index (χ0) is 27.8. The molecule has 11 heteroatoms. The summed E-state index contributed by atoms with van der Waals surface area (Å²) < 4.78 is 29.5. The molecular formula is C26H44FN5O3Si2. The number of carbonyl (C=O) groups is 1. The predicted molar refractivity (Wildman–Crippen MR) is 150 cm³/mol. The van der Waals surface area contributed by atoms with Crippen LogP contribution in [-0.4, -0.2) is 67.5 Å². The molecule has 0 aromatic carbocycles. The highest BCUT2D eigenvalue weighted by Crippen LogP contribution is 2.44. The van der Waals surface area contributed by atoms with E-state index in [9.17, 15) is 4.79 Å². The molecule has 3 rings (SSSR count). The number of anilines is 1. The molecule has 0 amide bonds. The third kappa shape index (κ3) is 6.55. The lowest BCUT2D eigenvalue weighted by Gasteiger charge is -2.41. The minimum Gasteiger partial charge on any atom is -0.416 e. The van der Waals surface area contributed by atoms with Crippen LogP contribution < -0.4 is 5.32 Å². The normalized spacial score (nSPS) is 23.3.